The Kier molecular flexibility index (Phi) is 32.8. The quantitative estimate of drug-likeness (QED) is 0.316. The fourth-order valence-corrected chi connectivity index (χ4v) is 63.0. The van der Waals surface area contributed by atoms with E-state index in [4.69, 9.17) is 53.5 Å². The molecule has 7 saturated heterocycles. The zero-order chi connectivity index (χ0) is 44.5. The Morgan fingerprint density at radius 1 is 0.317 bits per heavy atom. The monoisotopic (exact) mass is 1120 g/mol. The molecule has 17 nitrogen and oxygen atoms in total. The summed E-state index contributed by atoms with van der Waals surface area (Å²) in [4.78, 5) is 0. The summed E-state index contributed by atoms with van der Waals surface area (Å²) in [6, 6.07) is 2.73. The minimum absolute atomic E-state index is 0. The largest absolute Gasteiger partial charge is 0.475 e. The van der Waals surface area contributed by atoms with E-state index < -0.39 is 95.1 Å². The molecule has 7 fully saturated rings. The first-order valence-corrected chi connectivity index (χ1v) is 60.4. The molecule has 7 heterocycles. The van der Waals surface area contributed by atoms with Gasteiger partial charge in [-0.15, -0.1) is 0 Å². The van der Waals surface area contributed by atoms with Gasteiger partial charge < -0.3 is 75.4 Å². The van der Waals surface area contributed by atoms with Crippen LogP contribution in [-0.4, -0.2) is 155 Å². The highest BCUT2D eigenvalue weighted by Gasteiger charge is 2.78. The minimum atomic E-state index is -3.40. The summed E-state index contributed by atoms with van der Waals surface area (Å²) in [7, 11) is -28.6. The van der Waals surface area contributed by atoms with Crippen LogP contribution in [-0.2, 0) is 53.5 Å². The maximum Gasteiger partial charge on any atom is 0.475 e. The van der Waals surface area contributed by atoms with Crippen molar-refractivity contribution in [3.05, 3.63) is 0 Å². The van der Waals surface area contributed by atoms with Crippen LogP contribution in [0.3, 0.4) is 0 Å². The Balaban J connectivity index is -0.000000264. The number of rotatable bonds is 0. The third kappa shape index (κ3) is 26.2. The SMILES string of the molecule is CC1C[Si](C)(C)O[Si](C)(C)C1.C[SiH2]C.C[SiH2]C.C[SiH2]C.C[SiH2]C.C[Si](C)(C)C.C[Si]12O[Si]3(C)O[Si]4(C)O[Si](C)(O1)O[Si]1(C)O[Si](C)(O2)O[Si](C)(O3)O[Si](C)(O4)O1.O.O.O.O. The van der Waals surface area contributed by atoms with E-state index in [1.54, 1.807) is 52.4 Å². The molecule has 0 aromatic carbocycles. The molecular weight excluding hydrogens is 1030 g/mol. The van der Waals surface area contributed by atoms with E-state index in [2.05, 4.69) is 112 Å². The van der Waals surface area contributed by atoms with Crippen LogP contribution in [0.2, 0.25) is 169 Å². The molecule has 60 heavy (non-hydrogen) atoms. The molecule has 0 atom stereocenters. The average Bonchev–Trinajstić information content (AvgIpc) is 2.81. The van der Waals surface area contributed by atoms with Crippen molar-refractivity contribution >= 4 is 133 Å². The fourth-order valence-electron chi connectivity index (χ4n) is 7.12. The highest BCUT2D eigenvalue weighted by molar-refractivity contribution is 7.02. The summed E-state index contributed by atoms with van der Waals surface area (Å²) >= 11 is 0. The molecule has 8 bridgehead atoms. The first-order valence-electron chi connectivity index (χ1n) is 21.1. The van der Waals surface area contributed by atoms with Gasteiger partial charge in [-0.25, -0.2) is 0 Å². The Morgan fingerprint density at radius 2 is 0.417 bits per heavy atom. The highest BCUT2D eigenvalue weighted by atomic mass is 28.6. The van der Waals surface area contributed by atoms with E-state index in [-0.39, 0.29) is 21.9 Å². The van der Waals surface area contributed by atoms with Crippen molar-refractivity contribution in [2.75, 3.05) is 0 Å². The van der Waals surface area contributed by atoms with Crippen LogP contribution in [0.1, 0.15) is 6.92 Å². The van der Waals surface area contributed by atoms with Gasteiger partial charge in [-0.1, -0.05) is 85.5 Å². The van der Waals surface area contributed by atoms with Crippen LogP contribution in [0, 0.1) is 5.92 Å². The Labute approximate surface area is 388 Å². The lowest BCUT2D eigenvalue weighted by atomic mass is 10.3. The van der Waals surface area contributed by atoms with Gasteiger partial charge in [-0.3, -0.25) is 0 Å². The van der Waals surface area contributed by atoms with Gasteiger partial charge in [0.1, 0.15) is 0 Å². The minimum Gasteiger partial charge on any atom is -0.455 e. The third-order valence-electron chi connectivity index (χ3n) is 6.68. The standard InChI is InChI=1S/C8H24O12Si8.C8H20OSi2.C4H12Si.4C2H8Si.4H2O/c1-21-9-22(2)12-25(5)14-23(3,10-21)16-27(7)17-24(4,11-21)15-26(6,13-22)19-28(8,18-25)20-27;1-8-6-10(2,3)9-11(4,5)7-8;1-5(2,3)4;4*1-3-2;;;;/h1-8H3;8H,6-7H2,1-5H3;1-4H3;4*3H2,1-2H3;4*1H2. The second-order valence-corrected chi connectivity index (χ2v) is 63.0. The third-order valence-corrected chi connectivity index (χ3v) is 50.1. The van der Waals surface area contributed by atoms with Crippen molar-refractivity contribution in [1.82, 2.24) is 0 Å². The van der Waals surface area contributed by atoms with Crippen LogP contribution >= 0.6 is 0 Å². The van der Waals surface area contributed by atoms with Crippen molar-refractivity contribution in [3.63, 3.8) is 0 Å². The summed E-state index contributed by atoms with van der Waals surface area (Å²) < 4.78 is 82.9. The molecular formula is C28H96O17Si15. The first kappa shape index (κ1) is 71.6. The lowest BCUT2D eigenvalue weighted by Crippen LogP contribution is -2.86. The second-order valence-electron chi connectivity index (χ2n) is 19.1. The van der Waals surface area contributed by atoms with E-state index in [9.17, 15) is 0 Å². The van der Waals surface area contributed by atoms with Gasteiger partial charge in [0.15, 0.2) is 16.6 Å². The van der Waals surface area contributed by atoms with Crippen molar-refractivity contribution in [1.29, 1.82) is 0 Å². The Hall–Kier alpha value is 2.57. The van der Waals surface area contributed by atoms with E-state index >= 15 is 0 Å². The average molecular weight is 1130 g/mol. The van der Waals surface area contributed by atoms with Crippen molar-refractivity contribution in [2.45, 2.75) is 176 Å². The highest BCUT2D eigenvalue weighted by Crippen LogP contribution is 2.47. The molecule has 8 N–H and O–H groups in total. The van der Waals surface area contributed by atoms with Crippen molar-refractivity contribution in [3.8, 4) is 0 Å². The maximum atomic E-state index is 6.39. The predicted molar refractivity (Wildman–Crippen MR) is 286 cm³/mol. The van der Waals surface area contributed by atoms with Crippen LogP contribution in [0.15, 0.2) is 0 Å². The molecule has 7 aliphatic rings. The normalized spacial score (nSPS) is 38.5. The molecule has 0 radical (unpaired) electrons. The van der Waals surface area contributed by atoms with Crippen molar-refractivity contribution < 1.29 is 75.4 Å². The molecule has 0 amide bonds. The first-order chi connectivity index (χ1) is 25.0. The molecule has 370 valence electrons. The van der Waals surface area contributed by atoms with Gasteiger partial charge in [0, 0.05) is 98.5 Å². The van der Waals surface area contributed by atoms with E-state index in [1.165, 1.54) is 12.1 Å². The second kappa shape index (κ2) is 27.5. The predicted octanol–water partition coefficient (Wildman–Crippen LogP) is 3.53. The van der Waals surface area contributed by atoms with Gasteiger partial charge in [0.2, 0.25) is 0 Å². The summed E-state index contributed by atoms with van der Waals surface area (Å²) in [5.74, 6) is 0.923. The molecule has 7 aliphatic heterocycles. The lowest BCUT2D eigenvalue weighted by Gasteiger charge is -2.60. The van der Waals surface area contributed by atoms with Gasteiger partial charge in [0.25, 0.3) is 0 Å². The van der Waals surface area contributed by atoms with Crippen molar-refractivity contribution in [2.24, 2.45) is 5.92 Å². The van der Waals surface area contributed by atoms with E-state index in [0.717, 1.165) is 5.92 Å². The Morgan fingerprint density at radius 3 is 0.500 bits per heavy atom. The molecule has 7 rings (SSSR count). The number of hydrogen-bond donors (Lipinski definition) is 0. The molecule has 0 saturated carbocycles. The smallest absolute Gasteiger partial charge is 0.455 e. The van der Waals surface area contributed by atoms with E-state index in [0.29, 0.717) is 38.1 Å². The van der Waals surface area contributed by atoms with E-state index in [1.807, 2.05) is 0 Å². The molecule has 0 spiro atoms. The zero-order valence-electron chi connectivity index (χ0n) is 42.6. The van der Waals surface area contributed by atoms with Gasteiger partial charge in [-0.2, -0.15) is 0 Å². The van der Waals surface area contributed by atoms with Crippen LogP contribution < -0.4 is 0 Å². The zero-order valence-corrected chi connectivity index (χ0v) is 59.3. The summed E-state index contributed by atoms with van der Waals surface area (Å²) in [6.07, 6.45) is 0. The molecule has 0 aromatic heterocycles. The summed E-state index contributed by atoms with van der Waals surface area (Å²) in [5.41, 5.74) is 0. The van der Waals surface area contributed by atoms with Gasteiger partial charge >= 0.3 is 70.4 Å². The summed E-state index contributed by atoms with van der Waals surface area (Å²) in [5, 5.41) is 0. The van der Waals surface area contributed by atoms with Crippen LogP contribution in [0.25, 0.3) is 0 Å². The summed E-state index contributed by atoms with van der Waals surface area (Å²) in [6.45, 7) is 53.2. The maximum absolute atomic E-state index is 6.39. The molecule has 0 aliphatic carbocycles. The molecule has 32 heteroatoms. The molecule has 0 aromatic rings. The fraction of sp³-hybridized carbons (Fsp3) is 1.00. The van der Waals surface area contributed by atoms with Gasteiger partial charge in [-0.05, 0) is 44.2 Å². The Bertz CT molecular complexity index is 918. The topological polar surface area (TPSA) is 246 Å². The van der Waals surface area contributed by atoms with Crippen LogP contribution in [0.5, 0.6) is 0 Å². The van der Waals surface area contributed by atoms with Crippen LogP contribution in [0.4, 0.5) is 0 Å². The molecule has 0 unspecified atom stereocenters. The van der Waals surface area contributed by atoms with Gasteiger partial charge in [0.05, 0.1) is 0 Å². The lowest BCUT2D eigenvalue weighted by molar-refractivity contribution is -0.0175. The number of hydrogen-bond acceptors (Lipinski definition) is 13.